The van der Waals surface area contributed by atoms with Crippen molar-refractivity contribution in [3.63, 3.8) is 0 Å². The van der Waals surface area contributed by atoms with Gasteiger partial charge in [-0.15, -0.1) is 0 Å². The van der Waals surface area contributed by atoms with Crippen molar-refractivity contribution in [3.8, 4) is 0 Å². The van der Waals surface area contributed by atoms with E-state index in [0.717, 1.165) is 12.5 Å². The van der Waals surface area contributed by atoms with Gasteiger partial charge in [0, 0.05) is 13.5 Å². The van der Waals surface area contributed by atoms with Crippen LogP contribution >= 0.6 is 0 Å². The molecule has 10 N–H and O–H groups in total. The minimum Gasteiger partial charge on any atom is -0.394 e. The van der Waals surface area contributed by atoms with E-state index in [-0.39, 0.29) is 24.5 Å². The van der Waals surface area contributed by atoms with Crippen molar-refractivity contribution in [2.24, 2.45) is 7.05 Å². The zero-order valence-electron chi connectivity index (χ0n) is 31.4. The fraction of sp³-hybridized carbons (Fsp3) is 0.706. The average Bonchev–Trinajstić information content (AvgIpc) is 3.59. The number of ether oxygens (including phenoxy) is 5. The second kappa shape index (κ2) is 20.0. The molecule has 1 aromatic carbocycles. The first-order chi connectivity index (χ1) is 27.0. The predicted octanol–water partition coefficient (Wildman–Crippen LogP) is -5.40. The number of nitrogens with zero attached hydrogens (tertiary/aromatic N) is 2. The molecule has 3 aliphatic rings. The van der Waals surface area contributed by atoms with Crippen molar-refractivity contribution in [2.45, 2.75) is 124 Å². The van der Waals surface area contributed by atoms with Gasteiger partial charge in [-0.3, -0.25) is 4.79 Å². The summed E-state index contributed by atoms with van der Waals surface area (Å²) in [4.78, 5) is 23.4. The largest absolute Gasteiger partial charge is 0.394 e. The monoisotopic (exact) mass is 837 g/mol. The van der Waals surface area contributed by atoms with Crippen molar-refractivity contribution in [2.75, 3.05) is 26.4 Å². The summed E-state index contributed by atoms with van der Waals surface area (Å²) in [7, 11) is -1.99. The van der Waals surface area contributed by atoms with Gasteiger partial charge in [0.2, 0.25) is 28.5 Å². The van der Waals surface area contributed by atoms with E-state index in [4.69, 9.17) is 33.5 Å². The Kier molecular flexibility index (Phi) is 15.9. The fourth-order valence-corrected chi connectivity index (χ4v) is 7.65. The Hall–Kier alpha value is -2.79. The van der Waals surface area contributed by atoms with E-state index >= 15 is 0 Å². The Morgan fingerprint density at radius 1 is 0.842 bits per heavy atom. The molecule has 23 heteroatoms. The fourth-order valence-electron chi connectivity index (χ4n) is 6.58. The van der Waals surface area contributed by atoms with Gasteiger partial charge in [-0.05, 0) is 31.0 Å². The molecule has 22 nitrogen and oxygen atoms in total. The molecular formula is C34H53N4O18S+. The average molecular weight is 838 g/mol. The van der Waals surface area contributed by atoms with Crippen LogP contribution in [0, 0.1) is 0 Å². The van der Waals surface area contributed by atoms with Crippen LogP contribution in [0.3, 0.4) is 0 Å². The highest BCUT2D eigenvalue weighted by Gasteiger charge is 2.55. The smallest absolute Gasteiger partial charge is 0.243 e. The van der Waals surface area contributed by atoms with Crippen molar-refractivity contribution in [1.82, 2.24) is 14.6 Å². The Morgan fingerprint density at radius 2 is 1.46 bits per heavy atom. The third-order valence-corrected chi connectivity index (χ3v) is 11.2. The summed E-state index contributed by atoms with van der Waals surface area (Å²) in [6, 6.07) is 4.97. The number of imidazole rings is 1. The third kappa shape index (κ3) is 11.1. The van der Waals surface area contributed by atoms with Gasteiger partial charge in [-0.25, -0.2) is 32.0 Å². The van der Waals surface area contributed by atoms with E-state index < -0.39 is 121 Å². The van der Waals surface area contributed by atoms with Crippen LogP contribution in [0.2, 0.25) is 0 Å². The lowest BCUT2D eigenvalue weighted by molar-refractivity contribution is -0.671. The highest BCUT2D eigenvalue weighted by atomic mass is 32.2. The van der Waals surface area contributed by atoms with Gasteiger partial charge < -0.3 is 69.9 Å². The lowest BCUT2D eigenvalue weighted by Gasteiger charge is -2.49. The Labute approximate surface area is 328 Å². The molecule has 3 saturated heterocycles. The SMILES string of the molecule is CC(=O)N[C@H]1[C@H](OOCCCNS(=O)(=O)c2ccc(Cn3cc[n+](C)c3)cc2)O[C@H](CO)[C@@H](O[C@@H]2O[C@H](CO)[C@H](O)[C@H](O)[C@H]2O)[C@@H]1O[C@@H]1O[C@@H](C)[C@@H](O)[C@@H](O)[C@@H]1O. The van der Waals surface area contributed by atoms with Gasteiger partial charge in [0.05, 0.1) is 37.9 Å². The molecule has 4 heterocycles. The van der Waals surface area contributed by atoms with Crippen molar-refractivity contribution in [3.05, 3.63) is 48.5 Å². The van der Waals surface area contributed by atoms with E-state index in [2.05, 4.69) is 10.0 Å². The summed E-state index contributed by atoms with van der Waals surface area (Å²) in [5.41, 5.74) is 0.898. The molecule has 1 aromatic heterocycles. The number of rotatable bonds is 17. The van der Waals surface area contributed by atoms with Crippen molar-refractivity contribution >= 4 is 15.9 Å². The van der Waals surface area contributed by atoms with Gasteiger partial charge in [-0.2, -0.15) is 0 Å². The second-order valence-electron chi connectivity index (χ2n) is 14.1. The number of carbonyl (C=O) groups is 1. The lowest BCUT2D eigenvalue weighted by Crippen LogP contribution is -2.69. The maximum Gasteiger partial charge on any atom is 0.243 e. The van der Waals surface area contributed by atoms with Crippen LogP contribution in [-0.4, -0.2) is 178 Å². The van der Waals surface area contributed by atoms with Crippen LogP contribution < -0.4 is 14.6 Å². The normalized spacial score (nSPS) is 36.2. The van der Waals surface area contributed by atoms with Crippen molar-refractivity contribution < 1.29 is 92.1 Å². The summed E-state index contributed by atoms with van der Waals surface area (Å²) in [6.45, 7) is 1.17. The molecule has 15 atom stereocenters. The van der Waals surface area contributed by atoms with Crippen LogP contribution in [0.15, 0.2) is 47.9 Å². The molecule has 0 radical (unpaired) electrons. The maximum atomic E-state index is 12.9. The van der Waals surface area contributed by atoms with Gasteiger partial charge in [0.25, 0.3) is 0 Å². The van der Waals surface area contributed by atoms with E-state index in [1.807, 2.05) is 34.9 Å². The Morgan fingerprint density at radius 3 is 2.07 bits per heavy atom. The van der Waals surface area contributed by atoms with Crippen LogP contribution in [0.25, 0.3) is 0 Å². The standard InChI is InChI=1S/C34H52N4O18S/c1-17-24(42)26(44)28(46)33(51-17)55-31-23(36-18(2)41)32(53-22(15-40)30(31)54-34-29(47)27(45)25(43)21(14-39)52-34)56-50-12-4-9-35-57(48,49)20-7-5-19(6-8-20)13-38-11-10-37(3)16-38/h5-8,10-11,16-17,21-35,39-40,42-47H,4,9,12-15H2,1-3H3/p+1/t17-,21+,22+,23+,24+,25-,26+,27-,28-,29+,30+,31+,32-,33-,34-/m0/s1. The predicted molar refractivity (Wildman–Crippen MR) is 187 cm³/mol. The molecule has 0 aliphatic carbocycles. The molecule has 2 aromatic rings. The summed E-state index contributed by atoms with van der Waals surface area (Å²) >= 11 is 0. The minimum atomic E-state index is -3.88. The molecule has 0 spiro atoms. The molecular weight excluding hydrogens is 784 g/mol. The van der Waals surface area contributed by atoms with Gasteiger partial charge in [-0.1, -0.05) is 12.1 Å². The quantitative estimate of drug-likeness (QED) is 0.0308. The summed E-state index contributed by atoms with van der Waals surface area (Å²) in [6.07, 6.45) is -17.0. The van der Waals surface area contributed by atoms with E-state index in [1.165, 1.54) is 19.1 Å². The molecule has 3 aliphatic heterocycles. The number of aryl methyl sites for hydroxylation is 1. The molecule has 3 fully saturated rings. The number of aromatic nitrogens is 2. The molecule has 57 heavy (non-hydrogen) atoms. The zero-order valence-corrected chi connectivity index (χ0v) is 32.2. The lowest BCUT2D eigenvalue weighted by atomic mass is 9.94. The number of benzene rings is 1. The summed E-state index contributed by atoms with van der Waals surface area (Å²) in [5, 5.41) is 85.5. The zero-order chi connectivity index (χ0) is 41.6. The second-order valence-corrected chi connectivity index (χ2v) is 15.9. The topological polar surface area (TPSA) is 311 Å². The molecule has 5 rings (SSSR count). The van der Waals surface area contributed by atoms with Crippen LogP contribution in [-0.2, 0) is 61.9 Å². The molecule has 0 bridgehead atoms. The first kappa shape index (κ1) is 45.3. The molecule has 0 unspecified atom stereocenters. The minimum absolute atomic E-state index is 0.0558. The number of hydrogen-bond donors (Lipinski definition) is 10. The number of carbonyl (C=O) groups excluding carboxylic acids is 1. The summed E-state index contributed by atoms with van der Waals surface area (Å²) in [5.74, 6) is -0.671. The summed E-state index contributed by atoms with van der Waals surface area (Å²) < 4.78 is 61.2. The molecule has 322 valence electrons. The van der Waals surface area contributed by atoms with Crippen LogP contribution in [0.4, 0.5) is 0 Å². The molecule has 1 amide bonds. The number of amides is 1. The number of aliphatic hydroxyl groups excluding tert-OH is 8. The Balaban J connectivity index is 1.26. The third-order valence-electron chi connectivity index (χ3n) is 9.72. The van der Waals surface area contributed by atoms with E-state index in [9.17, 15) is 54.1 Å². The first-order valence-corrected chi connectivity index (χ1v) is 19.7. The number of sulfonamides is 1. The van der Waals surface area contributed by atoms with Gasteiger partial charge in [0.1, 0.15) is 86.0 Å². The number of aliphatic hydroxyl groups is 8. The highest BCUT2D eigenvalue weighted by molar-refractivity contribution is 7.89. The van der Waals surface area contributed by atoms with Gasteiger partial charge >= 0.3 is 0 Å². The maximum absolute atomic E-state index is 12.9. The first-order valence-electron chi connectivity index (χ1n) is 18.3. The van der Waals surface area contributed by atoms with Crippen LogP contribution in [0.1, 0.15) is 25.8 Å². The highest BCUT2D eigenvalue weighted by Crippen LogP contribution is 2.34. The van der Waals surface area contributed by atoms with E-state index in [0.29, 0.717) is 6.54 Å². The number of nitrogens with one attached hydrogen (secondary N) is 2. The van der Waals surface area contributed by atoms with Crippen LogP contribution in [0.5, 0.6) is 0 Å². The molecule has 0 saturated carbocycles. The Bertz CT molecular complexity index is 1690. The van der Waals surface area contributed by atoms with Crippen molar-refractivity contribution in [1.29, 1.82) is 0 Å². The number of hydrogen-bond acceptors (Lipinski definition) is 18. The van der Waals surface area contributed by atoms with Gasteiger partial charge in [0.15, 0.2) is 12.6 Å². The van der Waals surface area contributed by atoms with E-state index in [1.54, 1.807) is 12.1 Å².